The van der Waals surface area contributed by atoms with Crippen molar-refractivity contribution < 1.29 is 14.3 Å². The van der Waals surface area contributed by atoms with Gasteiger partial charge in [0, 0.05) is 11.4 Å². The number of benzene rings is 2. The van der Waals surface area contributed by atoms with Crippen molar-refractivity contribution in [1.29, 1.82) is 0 Å². The van der Waals surface area contributed by atoms with Crippen LogP contribution in [0.5, 0.6) is 0 Å². The van der Waals surface area contributed by atoms with Gasteiger partial charge in [0.2, 0.25) is 0 Å². The first-order valence-corrected chi connectivity index (χ1v) is 7.37. The number of esters is 2. The third-order valence-electron chi connectivity index (χ3n) is 3.14. The van der Waals surface area contributed by atoms with E-state index in [2.05, 4.69) is 10.6 Å². The number of rotatable bonds is 6. The number of hydrogen-bond donors (Lipinski definition) is 2. The lowest BCUT2D eigenvalue weighted by molar-refractivity contribution is -0.157. The van der Waals surface area contributed by atoms with Crippen LogP contribution in [0.4, 0.5) is 11.4 Å². The number of carbonyl (C=O) groups is 2. The molecule has 0 aromatic heterocycles. The van der Waals surface area contributed by atoms with E-state index in [1.54, 1.807) is 0 Å². The van der Waals surface area contributed by atoms with E-state index in [4.69, 9.17) is 4.74 Å². The van der Waals surface area contributed by atoms with Gasteiger partial charge in [-0.15, -0.1) is 0 Å². The SMILES string of the molecule is Cc1cccc(NCC(=O)OC(=O)CNc2cccc(C)c2)c1. The Bertz CT molecular complexity index is 639. The van der Waals surface area contributed by atoms with Crippen LogP contribution in [0.15, 0.2) is 48.5 Å². The molecule has 0 saturated heterocycles. The minimum absolute atomic E-state index is 0.0559. The maximum atomic E-state index is 11.6. The second-order valence-electron chi connectivity index (χ2n) is 5.29. The van der Waals surface area contributed by atoms with E-state index in [1.807, 2.05) is 62.4 Å². The molecule has 0 saturated carbocycles. The molecule has 2 rings (SSSR count). The number of nitrogens with one attached hydrogen (secondary N) is 2. The standard InChI is InChI=1S/C18H20N2O3/c1-13-5-3-7-15(9-13)19-11-17(21)23-18(22)12-20-16-8-4-6-14(2)10-16/h3-10,19-20H,11-12H2,1-2H3. The Kier molecular flexibility index (Phi) is 5.74. The fraction of sp³-hybridized carbons (Fsp3) is 0.222. The molecule has 0 spiro atoms. The van der Waals surface area contributed by atoms with Gasteiger partial charge < -0.3 is 15.4 Å². The average molecular weight is 312 g/mol. The number of aryl methyl sites for hydroxylation is 2. The molecule has 0 unspecified atom stereocenters. The molecule has 2 aromatic carbocycles. The lowest BCUT2D eigenvalue weighted by atomic mass is 10.2. The van der Waals surface area contributed by atoms with Crippen molar-refractivity contribution in [1.82, 2.24) is 0 Å². The Balaban J connectivity index is 1.73. The van der Waals surface area contributed by atoms with E-state index >= 15 is 0 Å². The van der Waals surface area contributed by atoms with Gasteiger partial charge in [0.25, 0.3) is 0 Å². The van der Waals surface area contributed by atoms with Crippen LogP contribution >= 0.6 is 0 Å². The molecule has 0 aliphatic heterocycles. The molecule has 0 radical (unpaired) electrons. The summed E-state index contributed by atoms with van der Waals surface area (Å²) in [5.41, 5.74) is 3.79. The van der Waals surface area contributed by atoms with E-state index in [-0.39, 0.29) is 13.1 Å². The van der Waals surface area contributed by atoms with Gasteiger partial charge in [0.15, 0.2) is 0 Å². The fourth-order valence-electron chi connectivity index (χ4n) is 2.06. The summed E-state index contributed by atoms with van der Waals surface area (Å²) in [7, 11) is 0. The Morgan fingerprint density at radius 1 is 0.826 bits per heavy atom. The largest absolute Gasteiger partial charge is 0.390 e. The summed E-state index contributed by atoms with van der Waals surface area (Å²) >= 11 is 0. The number of hydrogen-bond acceptors (Lipinski definition) is 5. The summed E-state index contributed by atoms with van der Waals surface area (Å²) < 4.78 is 4.75. The Hall–Kier alpha value is -2.82. The van der Waals surface area contributed by atoms with Gasteiger partial charge in [-0.3, -0.25) is 0 Å². The second kappa shape index (κ2) is 7.98. The van der Waals surface area contributed by atoms with Crippen LogP contribution < -0.4 is 10.6 Å². The highest BCUT2D eigenvalue weighted by Crippen LogP contribution is 2.10. The maximum absolute atomic E-state index is 11.6. The quantitative estimate of drug-likeness (QED) is 0.634. The van der Waals surface area contributed by atoms with Crippen molar-refractivity contribution >= 4 is 23.3 Å². The van der Waals surface area contributed by atoms with Crippen LogP contribution in [0.1, 0.15) is 11.1 Å². The Morgan fingerprint density at radius 2 is 1.26 bits per heavy atom. The summed E-state index contributed by atoms with van der Waals surface area (Å²) in [6.45, 7) is 3.81. The normalized spacial score (nSPS) is 10.0. The van der Waals surface area contributed by atoms with Crippen LogP contribution in [0.3, 0.4) is 0 Å². The molecule has 0 heterocycles. The van der Waals surface area contributed by atoms with Crippen molar-refractivity contribution in [2.45, 2.75) is 13.8 Å². The van der Waals surface area contributed by atoms with Crippen LogP contribution in [0.2, 0.25) is 0 Å². The minimum atomic E-state index is -0.609. The first-order chi connectivity index (χ1) is 11.0. The summed E-state index contributed by atoms with van der Waals surface area (Å²) in [5, 5.41) is 5.85. The summed E-state index contributed by atoms with van der Waals surface area (Å²) in [4.78, 5) is 23.3. The zero-order valence-corrected chi connectivity index (χ0v) is 13.3. The van der Waals surface area contributed by atoms with E-state index in [0.717, 1.165) is 22.5 Å². The van der Waals surface area contributed by atoms with Crippen molar-refractivity contribution in [3.8, 4) is 0 Å². The van der Waals surface area contributed by atoms with Gasteiger partial charge >= 0.3 is 11.9 Å². The van der Waals surface area contributed by atoms with Crippen molar-refractivity contribution in [3.05, 3.63) is 59.7 Å². The lowest BCUT2D eigenvalue weighted by Crippen LogP contribution is -2.24. The number of anilines is 2. The molecule has 120 valence electrons. The average Bonchev–Trinajstić information content (AvgIpc) is 2.51. The second-order valence-corrected chi connectivity index (χ2v) is 5.29. The zero-order chi connectivity index (χ0) is 16.7. The van der Waals surface area contributed by atoms with Crippen molar-refractivity contribution in [2.24, 2.45) is 0 Å². The zero-order valence-electron chi connectivity index (χ0n) is 13.3. The molecule has 5 heteroatoms. The third-order valence-corrected chi connectivity index (χ3v) is 3.14. The maximum Gasteiger partial charge on any atom is 0.333 e. The van der Waals surface area contributed by atoms with Gasteiger partial charge in [-0.2, -0.15) is 0 Å². The molecule has 23 heavy (non-hydrogen) atoms. The smallest absolute Gasteiger partial charge is 0.333 e. The summed E-state index contributed by atoms with van der Waals surface area (Å²) in [6.07, 6.45) is 0. The molecule has 0 fully saturated rings. The highest BCUT2D eigenvalue weighted by molar-refractivity contribution is 5.89. The summed E-state index contributed by atoms with van der Waals surface area (Å²) in [6, 6.07) is 15.2. The van der Waals surface area contributed by atoms with Gasteiger partial charge in [0.05, 0.1) is 0 Å². The van der Waals surface area contributed by atoms with E-state index < -0.39 is 11.9 Å². The molecule has 0 atom stereocenters. The molecular formula is C18H20N2O3. The van der Waals surface area contributed by atoms with Gasteiger partial charge in [-0.25, -0.2) is 9.59 Å². The van der Waals surface area contributed by atoms with Crippen LogP contribution in [-0.4, -0.2) is 25.0 Å². The molecule has 0 bridgehead atoms. The molecule has 2 N–H and O–H groups in total. The van der Waals surface area contributed by atoms with Crippen molar-refractivity contribution in [2.75, 3.05) is 23.7 Å². The number of ether oxygens (including phenoxy) is 1. The lowest BCUT2D eigenvalue weighted by Gasteiger charge is -2.08. The summed E-state index contributed by atoms with van der Waals surface area (Å²) in [5.74, 6) is -1.22. The molecule has 5 nitrogen and oxygen atoms in total. The molecular weight excluding hydrogens is 292 g/mol. The van der Waals surface area contributed by atoms with Crippen LogP contribution in [0, 0.1) is 13.8 Å². The topological polar surface area (TPSA) is 67.4 Å². The van der Waals surface area contributed by atoms with E-state index in [0.29, 0.717) is 0 Å². The Labute approximate surface area is 135 Å². The molecule has 2 aromatic rings. The molecule has 0 aliphatic carbocycles. The first kappa shape index (κ1) is 16.5. The van der Waals surface area contributed by atoms with Gasteiger partial charge in [-0.05, 0) is 49.2 Å². The highest BCUT2D eigenvalue weighted by atomic mass is 16.6. The molecule has 0 aliphatic rings. The van der Waals surface area contributed by atoms with Crippen molar-refractivity contribution in [3.63, 3.8) is 0 Å². The van der Waals surface area contributed by atoms with E-state index in [9.17, 15) is 9.59 Å². The predicted octanol–water partition coefficient (Wildman–Crippen LogP) is 2.90. The van der Waals surface area contributed by atoms with Crippen LogP contribution in [0.25, 0.3) is 0 Å². The first-order valence-electron chi connectivity index (χ1n) is 7.37. The third kappa shape index (κ3) is 5.82. The Morgan fingerprint density at radius 3 is 1.65 bits per heavy atom. The van der Waals surface area contributed by atoms with E-state index in [1.165, 1.54) is 0 Å². The molecule has 0 amide bonds. The monoisotopic (exact) mass is 312 g/mol. The minimum Gasteiger partial charge on any atom is -0.390 e. The highest BCUT2D eigenvalue weighted by Gasteiger charge is 2.10. The number of carbonyl (C=O) groups excluding carboxylic acids is 2. The fourth-order valence-corrected chi connectivity index (χ4v) is 2.06. The predicted molar refractivity (Wildman–Crippen MR) is 90.4 cm³/mol. The van der Waals surface area contributed by atoms with Gasteiger partial charge in [-0.1, -0.05) is 24.3 Å². The van der Waals surface area contributed by atoms with Crippen LogP contribution in [-0.2, 0) is 14.3 Å². The van der Waals surface area contributed by atoms with Gasteiger partial charge in [0.1, 0.15) is 13.1 Å².